The van der Waals surface area contributed by atoms with E-state index in [1.807, 2.05) is 25.1 Å². The van der Waals surface area contributed by atoms with Crippen LogP contribution in [0.15, 0.2) is 48.5 Å². The van der Waals surface area contributed by atoms with Crippen molar-refractivity contribution in [3.8, 4) is 11.5 Å². The van der Waals surface area contributed by atoms with Gasteiger partial charge in [-0.2, -0.15) is 0 Å². The molecule has 1 N–H and O–H groups in total. The summed E-state index contributed by atoms with van der Waals surface area (Å²) in [6.07, 6.45) is 2.79. The molecule has 3 heteroatoms. The lowest BCUT2D eigenvalue weighted by atomic mass is 9.83. The molecule has 2 aromatic rings. The number of ether oxygens (including phenoxy) is 1. The summed E-state index contributed by atoms with van der Waals surface area (Å²) < 4.78 is 6.20. The number of carbonyl (C=O) groups is 1. The molecule has 0 aromatic heterocycles. The quantitative estimate of drug-likeness (QED) is 0.863. The summed E-state index contributed by atoms with van der Waals surface area (Å²) in [6, 6.07) is 14.7. The third-order valence-electron chi connectivity index (χ3n) is 4.48. The van der Waals surface area contributed by atoms with Crippen LogP contribution in [0, 0.1) is 0 Å². The van der Waals surface area contributed by atoms with Gasteiger partial charge in [0.2, 0.25) is 0 Å². The van der Waals surface area contributed by atoms with Crippen LogP contribution in [0.4, 0.5) is 0 Å². The van der Waals surface area contributed by atoms with Crippen LogP contribution in [0.25, 0.3) is 0 Å². The molecule has 1 unspecified atom stereocenters. The van der Waals surface area contributed by atoms with E-state index in [1.54, 1.807) is 24.3 Å². The van der Waals surface area contributed by atoms with Crippen LogP contribution in [-0.2, 0) is 6.42 Å². The fourth-order valence-electron chi connectivity index (χ4n) is 3.05. The Hall–Kier alpha value is -2.29. The first-order valence-corrected chi connectivity index (χ1v) is 7.72. The first-order chi connectivity index (χ1) is 10.6. The molecule has 3 rings (SSSR count). The lowest BCUT2D eigenvalue weighted by Gasteiger charge is -2.38. The molecular weight excluding hydrogens is 276 g/mol. The first-order valence-electron chi connectivity index (χ1n) is 7.72. The molecule has 3 nitrogen and oxygen atoms in total. The van der Waals surface area contributed by atoms with E-state index in [2.05, 4.69) is 6.07 Å². The van der Waals surface area contributed by atoms with E-state index in [-0.39, 0.29) is 18.0 Å². The molecule has 0 bridgehead atoms. The Morgan fingerprint density at radius 2 is 1.91 bits per heavy atom. The topological polar surface area (TPSA) is 46.5 Å². The third-order valence-corrected chi connectivity index (χ3v) is 4.48. The summed E-state index contributed by atoms with van der Waals surface area (Å²) in [5, 5.41) is 9.86. The fourth-order valence-corrected chi connectivity index (χ4v) is 3.05. The number of fused-ring (bicyclic) bond motifs is 1. The Morgan fingerprint density at radius 3 is 2.68 bits per heavy atom. The molecule has 114 valence electrons. The van der Waals surface area contributed by atoms with Crippen molar-refractivity contribution in [2.45, 2.75) is 38.2 Å². The lowest BCUT2D eigenvalue weighted by Crippen LogP contribution is -2.41. The van der Waals surface area contributed by atoms with Gasteiger partial charge in [-0.25, -0.2) is 0 Å². The van der Waals surface area contributed by atoms with E-state index < -0.39 is 5.60 Å². The average Bonchev–Trinajstić information content (AvgIpc) is 2.55. The highest BCUT2D eigenvalue weighted by atomic mass is 16.5. The van der Waals surface area contributed by atoms with E-state index in [0.29, 0.717) is 5.56 Å². The molecule has 1 atom stereocenters. The normalized spacial score (nSPS) is 20.0. The van der Waals surface area contributed by atoms with Crippen molar-refractivity contribution < 1.29 is 14.6 Å². The Bertz CT molecular complexity index is 693. The smallest absolute Gasteiger partial charge is 0.170 e. The standard InChI is InChI=1S/C19H20O3/c1-2-19(12-11-14-7-3-6-10-18(14)22-19)13-17(21)15-8-4-5-9-16(15)20/h3-10,20H,2,11-13H2,1H3. The van der Waals surface area contributed by atoms with Crippen molar-refractivity contribution >= 4 is 5.78 Å². The van der Waals surface area contributed by atoms with Gasteiger partial charge in [-0.1, -0.05) is 37.3 Å². The largest absolute Gasteiger partial charge is 0.507 e. The number of Topliss-reactive ketones (excluding diaryl/α,β-unsaturated/α-hetero) is 1. The van der Waals surface area contributed by atoms with Gasteiger partial charge in [0, 0.05) is 0 Å². The number of hydrogen-bond acceptors (Lipinski definition) is 3. The van der Waals surface area contributed by atoms with Gasteiger partial charge < -0.3 is 9.84 Å². The van der Waals surface area contributed by atoms with Crippen molar-refractivity contribution in [2.24, 2.45) is 0 Å². The Labute approximate surface area is 130 Å². The monoisotopic (exact) mass is 296 g/mol. The summed E-state index contributed by atoms with van der Waals surface area (Å²) in [5.74, 6) is 0.843. The Morgan fingerprint density at radius 1 is 1.18 bits per heavy atom. The molecule has 0 saturated heterocycles. The number of aromatic hydroxyl groups is 1. The summed E-state index contributed by atoms with van der Waals surface area (Å²) in [7, 11) is 0. The van der Waals surface area contributed by atoms with E-state index >= 15 is 0 Å². The molecule has 1 aliphatic heterocycles. The van der Waals surface area contributed by atoms with Crippen molar-refractivity contribution in [3.63, 3.8) is 0 Å². The molecule has 0 aliphatic carbocycles. The number of phenols is 1. The van der Waals surface area contributed by atoms with E-state index in [1.165, 1.54) is 5.56 Å². The first kappa shape index (κ1) is 14.6. The van der Waals surface area contributed by atoms with Crippen molar-refractivity contribution in [1.82, 2.24) is 0 Å². The number of hydrogen-bond donors (Lipinski definition) is 1. The number of rotatable bonds is 4. The highest BCUT2D eigenvalue weighted by Crippen LogP contribution is 2.38. The molecule has 2 aromatic carbocycles. The minimum Gasteiger partial charge on any atom is -0.507 e. The lowest BCUT2D eigenvalue weighted by molar-refractivity contribution is 0.0323. The molecule has 22 heavy (non-hydrogen) atoms. The number of carbonyl (C=O) groups excluding carboxylic acids is 1. The Kier molecular flexibility index (Phi) is 3.88. The van der Waals surface area contributed by atoms with Crippen LogP contribution < -0.4 is 4.74 Å². The van der Waals surface area contributed by atoms with Gasteiger partial charge in [-0.05, 0) is 43.0 Å². The van der Waals surface area contributed by atoms with Crippen LogP contribution in [0.3, 0.4) is 0 Å². The number of benzene rings is 2. The van der Waals surface area contributed by atoms with E-state index in [0.717, 1.165) is 25.0 Å². The van der Waals surface area contributed by atoms with Gasteiger partial charge in [-0.15, -0.1) is 0 Å². The highest BCUT2D eigenvalue weighted by Gasteiger charge is 2.37. The molecule has 0 fully saturated rings. The second kappa shape index (κ2) is 5.84. The van der Waals surface area contributed by atoms with Crippen LogP contribution in [0.1, 0.15) is 42.1 Å². The minimum atomic E-state index is -0.478. The highest BCUT2D eigenvalue weighted by molar-refractivity contribution is 5.99. The zero-order valence-corrected chi connectivity index (χ0v) is 12.7. The maximum Gasteiger partial charge on any atom is 0.170 e. The maximum absolute atomic E-state index is 12.6. The summed E-state index contributed by atoms with van der Waals surface area (Å²) >= 11 is 0. The van der Waals surface area contributed by atoms with Gasteiger partial charge in [-0.3, -0.25) is 4.79 Å². The van der Waals surface area contributed by atoms with Gasteiger partial charge in [0.25, 0.3) is 0 Å². The summed E-state index contributed by atoms with van der Waals surface area (Å²) in [5.41, 5.74) is 1.09. The summed E-state index contributed by atoms with van der Waals surface area (Å²) in [4.78, 5) is 12.6. The van der Waals surface area contributed by atoms with Crippen molar-refractivity contribution in [2.75, 3.05) is 0 Å². The van der Waals surface area contributed by atoms with Gasteiger partial charge >= 0.3 is 0 Å². The van der Waals surface area contributed by atoms with Crippen molar-refractivity contribution in [1.29, 1.82) is 0 Å². The Balaban J connectivity index is 1.84. The fraction of sp³-hybridized carbons (Fsp3) is 0.316. The van der Waals surface area contributed by atoms with Crippen LogP contribution in [0.5, 0.6) is 11.5 Å². The predicted octanol–water partition coefficient (Wildman–Crippen LogP) is 4.14. The van der Waals surface area contributed by atoms with Crippen molar-refractivity contribution in [3.05, 3.63) is 59.7 Å². The van der Waals surface area contributed by atoms with Crippen LogP contribution in [-0.4, -0.2) is 16.5 Å². The molecule has 0 amide bonds. The van der Waals surface area contributed by atoms with Gasteiger partial charge in [0.1, 0.15) is 17.1 Å². The predicted molar refractivity (Wildman–Crippen MR) is 85.5 cm³/mol. The number of phenolic OH excluding ortho intramolecular Hbond substituents is 1. The summed E-state index contributed by atoms with van der Waals surface area (Å²) in [6.45, 7) is 2.05. The zero-order valence-electron chi connectivity index (χ0n) is 12.7. The number of aryl methyl sites for hydroxylation is 1. The zero-order chi connectivity index (χ0) is 15.6. The second-order valence-corrected chi connectivity index (χ2v) is 5.86. The van der Waals surface area contributed by atoms with Crippen LogP contribution >= 0.6 is 0 Å². The molecule has 0 spiro atoms. The minimum absolute atomic E-state index is 0.0370. The molecule has 0 saturated carbocycles. The second-order valence-electron chi connectivity index (χ2n) is 5.86. The maximum atomic E-state index is 12.6. The number of ketones is 1. The SMILES string of the molecule is CCC1(CC(=O)c2ccccc2O)CCc2ccccc2O1. The molecular formula is C19H20O3. The van der Waals surface area contributed by atoms with E-state index in [4.69, 9.17) is 4.74 Å². The third kappa shape index (κ3) is 2.71. The average molecular weight is 296 g/mol. The number of para-hydroxylation sites is 2. The van der Waals surface area contributed by atoms with E-state index in [9.17, 15) is 9.90 Å². The molecule has 1 aliphatic rings. The van der Waals surface area contributed by atoms with Gasteiger partial charge in [0.05, 0.1) is 12.0 Å². The van der Waals surface area contributed by atoms with Gasteiger partial charge in [0.15, 0.2) is 5.78 Å². The van der Waals surface area contributed by atoms with Crippen LogP contribution in [0.2, 0.25) is 0 Å². The molecule has 1 heterocycles. The molecule has 0 radical (unpaired) electrons.